The number of phenols is 1. The minimum absolute atomic E-state index is 0.283. The number of aliphatic imine (C=N–C) groups is 1. The molecule has 0 atom stereocenters. The lowest BCUT2D eigenvalue weighted by Crippen LogP contribution is -2.52. The van der Waals surface area contributed by atoms with E-state index in [1.54, 1.807) is 12.1 Å². The van der Waals surface area contributed by atoms with Gasteiger partial charge in [0.1, 0.15) is 11.6 Å². The summed E-state index contributed by atoms with van der Waals surface area (Å²) >= 11 is 0. The molecular formula is C19H25N5O. The summed E-state index contributed by atoms with van der Waals surface area (Å²) in [5.74, 6) is 2.26. The first-order valence-corrected chi connectivity index (χ1v) is 8.73. The number of rotatable bonds is 4. The summed E-state index contributed by atoms with van der Waals surface area (Å²) in [4.78, 5) is 13.8. The number of anilines is 1. The molecule has 0 radical (unpaired) electrons. The highest BCUT2D eigenvalue weighted by Gasteiger charge is 2.20. The summed E-state index contributed by atoms with van der Waals surface area (Å²) in [6, 6.07) is 13.2. The maximum absolute atomic E-state index is 9.37. The van der Waals surface area contributed by atoms with Crippen molar-refractivity contribution in [3.05, 3.63) is 54.2 Å². The third-order valence-corrected chi connectivity index (χ3v) is 4.24. The molecule has 0 bridgehead atoms. The quantitative estimate of drug-likeness (QED) is 0.659. The Morgan fingerprint density at radius 3 is 2.52 bits per heavy atom. The number of piperazine rings is 1. The highest BCUT2D eigenvalue weighted by atomic mass is 16.3. The van der Waals surface area contributed by atoms with Gasteiger partial charge in [-0.2, -0.15) is 0 Å². The van der Waals surface area contributed by atoms with E-state index in [4.69, 9.17) is 4.99 Å². The molecule has 25 heavy (non-hydrogen) atoms. The van der Waals surface area contributed by atoms with E-state index in [0.717, 1.165) is 50.1 Å². The van der Waals surface area contributed by atoms with E-state index in [0.29, 0.717) is 6.54 Å². The second kappa shape index (κ2) is 8.37. The van der Waals surface area contributed by atoms with E-state index in [-0.39, 0.29) is 5.75 Å². The molecule has 0 aliphatic carbocycles. The Hall–Kier alpha value is -2.76. The van der Waals surface area contributed by atoms with Crippen LogP contribution in [0.2, 0.25) is 0 Å². The molecule has 0 unspecified atom stereocenters. The van der Waals surface area contributed by atoms with E-state index in [9.17, 15) is 5.11 Å². The molecule has 1 aromatic heterocycles. The molecule has 1 aromatic carbocycles. The van der Waals surface area contributed by atoms with Crippen LogP contribution in [0.1, 0.15) is 12.5 Å². The summed E-state index contributed by atoms with van der Waals surface area (Å²) in [6.45, 7) is 7.22. The van der Waals surface area contributed by atoms with E-state index < -0.39 is 0 Å². The van der Waals surface area contributed by atoms with Gasteiger partial charge in [-0.05, 0) is 36.8 Å². The van der Waals surface area contributed by atoms with Crippen LogP contribution in [0.5, 0.6) is 5.75 Å². The summed E-state index contributed by atoms with van der Waals surface area (Å²) < 4.78 is 0. The molecule has 0 amide bonds. The highest BCUT2D eigenvalue weighted by molar-refractivity contribution is 5.80. The van der Waals surface area contributed by atoms with Crippen LogP contribution in [0.4, 0.5) is 5.82 Å². The zero-order valence-electron chi connectivity index (χ0n) is 14.6. The van der Waals surface area contributed by atoms with Gasteiger partial charge < -0.3 is 20.2 Å². The minimum Gasteiger partial charge on any atom is -0.508 e. The summed E-state index contributed by atoms with van der Waals surface area (Å²) in [5, 5.41) is 12.8. The predicted octanol–water partition coefficient (Wildman–Crippen LogP) is 2.07. The van der Waals surface area contributed by atoms with E-state index in [1.165, 1.54) is 0 Å². The Labute approximate surface area is 148 Å². The van der Waals surface area contributed by atoms with Crippen molar-refractivity contribution in [3.63, 3.8) is 0 Å². The molecule has 1 fully saturated rings. The van der Waals surface area contributed by atoms with Crippen molar-refractivity contribution in [1.29, 1.82) is 0 Å². The maximum atomic E-state index is 9.37. The zero-order chi connectivity index (χ0) is 17.5. The van der Waals surface area contributed by atoms with Crippen molar-refractivity contribution in [1.82, 2.24) is 15.2 Å². The van der Waals surface area contributed by atoms with Crippen molar-refractivity contribution >= 4 is 11.8 Å². The second-order valence-electron chi connectivity index (χ2n) is 6.00. The van der Waals surface area contributed by atoms with Gasteiger partial charge in [0.2, 0.25) is 0 Å². The van der Waals surface area contributed by atoms with Gasteiger partial charge in [0.25, 0.3) is 0 Å². The van der Waals surface area contributed by atoms with Crippen LogP contribution in [0.15, 0.2) is 53.7 Å². The molecule has 0 spiro atoms. The number of nitrogens with one attached hydrogen (secondary N) is 1. The molecule has 6 nitrogen and oxygen atoms in total. The Bertz CT molecular complexity index is 679. The van der Waals surface area contributed by atoms with Gasteiger partial charge in [0.05, 0.1) is 6.54 Å². The van der Waals surface area contributed by atoms with Gasteiger partial charge in [0.15, 0.2) is 5.96 Å². The Morgan fingerprint density at radius 2 is 1.88 bits per heavy atom. The third-order valence-electron chi connectivity index (χ3n) is 4.24. The number of hydrogen-bond donors (Lipinski definition) is 2. The summed E-state index contributed by atoms with van der Waals surface area (Å²) in [6.07, 6.45) is 1.84. The lowest BCUT2D eigenvalue weighted by Gasteiger charge is -2.37. The molecule has 3 rings (SSSR count). The number of phenolic OH excluding ortho intramolecular Hbond substituents is 1. The average Bonchev–Trinajstić information content (AvgIpc) is 2.67. The fraction of sp³-hybridized carbons (Fsp3) is 0.368. The van der Waals surface area contributed by atoms with Gasteiger partial charge in [-0.1, -0.05) is 18.2 Å². The van der Waals surface area contributed by atoms with Gasteiger partial charge in [-0.3, -0.25) is 0 Å². The topological polar surface area (TPSA) is 64.0 Å². The summed E-state index contributed by atoms with van der Waals surface area (Å²) in [7, 11) is 0. The summed E-state index contributed by atoms with van der Waals surface area (Å²) in [5.41, 5.74) is 1.08. The van der Waals surface area contributed by atoms with Crippen LogP contribution < -0.4 is 10.2 Å². The van der Waals surface area contributed by atoms with Crippen LogP contribution >= 0.6 is 0 Å². The molecule has 2 heterocycles. The fourth-order valence-corrected chi connectivity index (χ4v) is 2.88. The molecular weight excluding hydrogens is 314 g/mol. The van der Waals surface area contributed by atoms with Gasteiger partial charge in [-0.25, -0.2) is 9.98 Å². The normalized spacial score (nSPS) is 15.3. The third kappa shape index (κ3) is 4.62. The average molecular weight is 339 g/mol. The lowest BCUT2D eigenvalue weighted by atomic mass is 10.2. The second-order valence-corrected chi connectivity index (χ2v) is 6.00. The van der Waals surface area contributed by atoms with Crippen LogP contribution in [0.3, 0.4) is 0 Å². The van der Waals surface area contributed by atoms with Crippen molar-refractivity contribution in [3.8, 4) is 5.75 Å². The van der Waals surface area contributed by atoms with Crippen LogP contribution in [-0.2, 0) is 6.54 Å². The number of pyridine rings is 1. The zero-order valence-corrected chi connectivity index (χ0v) is 14.6. The number of guanidine groups is 1. The number of nitrogens with zero attached hydrogens (tertiary/aromatic N) is 4. The number of aromatic hydroxyl groups is 1. The smallest absolute Gasteiger partial charge is 0.194 e. The highest BCUT2D eigenvalue weighted by Crippen LogP contribution is 2.13. The SMILES string of the molecule is CCNC(=NCc1ccc(O)cc1)N1CCN(c2ccccn2)CC1. The first-order valence-electron chi connectivity index (χ1n) is 8.73. The molecule has 6 heteroatoms. The predicted molar refractivity (Wildman–Crippen MR) is 101 cm³/mol. The Balaban J connectivity index is 1.61. The molecule has 1 saturated heterocycles. The van der Waals surface area contributed by atoms with Crippen LogP contribution in [-0.4, -0.2) is 53.7 Å². The lowest BCUT2D eigenvalue weighted by molar-refractivity contribution is 0.371. The van der Waals surface area contributed by atoms with Crippen molar-refractivity contribution < 1.29 is 5.11 Å². The first kappa shape index (κ1) is 17.1. The monoisotopic (exact) mass is 339 g/mol. The molecule has 132 valence electrons. The van der Waals surface area contributed by atoms with Crippen molar-refractivity contribution in [2.45, 2.75) is 13.5 Å². The van der Waals surface area contributed by atoms with E-state index in [2.05, 4.69) is 33.1 Å². The van der Waals surface area contributed by atoms with Gasteiger partial charge >= 0.3 is 0 Å². The van der Waals surface area contributed by atoms with E-state index in [1.807, 2.05) is 30.5 Å². The van der Waals surface area contributed by atoms with Crippen LogP contribution in [0, 0.1) is 0 Å². The fourth-order valence-electron chi connectivity index (χ4n) is 2.88. The molecule has 1 aliphatic heterocycles. The molecule has 0 saturated carbocycles. The first-order chi connectivity index (χ1) is 12.3. The number of hydrogen-bond acceptors (Lipinski definition) is 4. The van der Waals surface area contributed by atoms with Gasteiger partial charge in [-0.15, -0.1) is 0 Å². The largest absolute Gasteiger partial charge is 0.508 e. The number of benzene rings is 1. The maximum Gasteiger partial charge on any atom is 0.194 e. The minimum atomic E-state index is 0.283. The number of aromatic nitrogens is 1. The van der Waals surface area contributed by atoms with E-state index >= 15 is 0 Å². The van der Waals surface area contributed by atoms with Crippen molar-refractivity contribution in [2.24, 2.45) is 4.99 Å². The van der Waals surface area contributed by atoms with Gasteiger partial charge in [0, 0.05) is 38.9 Å². The molecule has 2 aromatic rings. The Kier molecular flexibility index (Phi) is 5.72. The molecule has 2 N–H and O–H groups in total. The molecule has 1 aliphatic rings. The van der Waals surface area contributed by atoms with Crippen LogP contribution in [0.25, 0.3) is 0 Å². The Morgan fingerprint density at radius 1 is 1.12 bits per heavy atom. The standard InChI is InChI=1S/C19H25N5O/c1-2-20-19(22-15-16-6-8-17(25)9-7-16)24-13-11-23(12-14-24)18-5-3-4-10-21-18/h3-10,25H,2,11-15H2,1H3,(H,20,22). The van der Waals surface area contributed by atoms with Crippen molar-refractivity contribution in [2.75, 3.05) is 37.6 Å².